The van der Waals surface area contributed by atoms with E-state index in [1.165, 1.54) is 25.3 Å². The van der Waals surface area contributed by atoms with Crippen molar-refractivity contribution in [3.8, 4) is 0 Å². The van der Waals surface area contributed by atoms with Crippen LogP contribution in [0.3, 0.4) is 0 Å². The molecule has 1 heterocycles. The number of hydrogen-bond acceptors (Lipinski definition) is 2. The van der Waals surface area contributed by atoms with Crippen LogP contribution >= 0.6 is 0 Å². The number of hydrogen-bond donors (Lipinski definition) is 1. The first-order valence-corrected chi connectivity index (χ1v) is 7.34. The predicted octanol–water partition coefficient (Wildman–Crippen LogP) is 3.04. The molecule has 0 spiro atoms. The Hall–Kier alpha value is -0.930. The van der Waals surface area contributed by atoms with Crippen LogP contribution in [0.25, 0.3) is 0 Å². The van der Waals surface area contributed by atoms with Gasteiger partial charge < -0.3 is 10.2 Å². The summed E-state index contributed by atoms with van der Waals surface area (Å²) >= 11 is 0. The largest absolute Gasteiger partial charge is 0.313 e. The summed E-state index contributed by atoms with van der Waals surface area (Å²) in [7, 11) is 2.07. The second-order valence-corrected chi connectivity index (χ2v) is 5.74. The second-order valence-electron chi connectivity index (χ2n) is 5.74. The zero-order valence-corrected chi connectivity index (χ0v) is 12.0. The van der Waals surface area contributed by atoms with Gasteiger partial charge in [0.25, 0.3) is 0 Å². The van der Waals surface area contributed by atoms with Gasteiger partial charge in [0, 0.05) is 24.7 Å². The van der Waals surface area contributed by atoms with Crippen LogP contribution < -0.4 is 5.32 Å². The number of rotatable bonds is 5. The van der Waals surface area contributed by atoms with Gasteiger partial charge >= 0.3 is 0 Å². The van der Waals surface area contributed by atoms with E-state index in [4.69, 9.17) is 0 Å². The molecule has 0 amide bonds. The van der Waals surface area contributed by atoms with Gasteiger partial charge in [-0.15, -0.1) is 0 Å². The number of piperidine rings is 1. The molecule has 3 heteroatoms. The van der Waals surface area contributed by atoms with E-state index < -0.39 is 0 Å². The van der Waals surface area contributed by atoms with Crippen LogP contribution in [-0.2, 0) is 6.54 Å². The van der Waals surface area contributed by atoms with E-state index in [9.17, 15) is 4.39 Å². The van der Waals surface area contributed by atoms with Crippen molar-refractivity contribution in [2.45, 2.75) is 38.8 Å². The van der Waals surface area contributed by atoms with Crippen molar-refractivity contribution in [2.75, 3.05) is 20.1 Å². The first-order valence-electron chi connectivity index (χ1n) is 7.34. The first-order chi connectivity index (χ1) is 9.19. The van der Waals surface area contributed by atoms with Gasteiger partial charge in [0.1, 0.15) is 5.82 Å². The number of likely N-dealkylation sites (N-methyl/N-ethyl adjacent to an activating group) is 1. The number of benzene rings is 1. The summed E-state index contributed by atoms with van der Waals surface area (Å²) in [5.41, 5.74) is 0.785. The average molecular weight is 264 g/mol. The highest BCUT2D eigenvalue weighted by Crippen LogP contribution is 2.20. The summed E-state index contributed by atoms with van der Waals surface area (Å²) in [4.78, 5) is 2.22. The van der Waals surface area contributed by atoms with E-state index >= 15 is 0 Å². The quantitative estimate of drug-likeness (QED) is 0.879. The number of nitrogens with zero attached hydrogens (tertiary/aromatic N) is 1. The van der Waals surface area contributed by atoms with Gasteiger partial charge in [-0.05, 0) is 38.4 Å². The third-order valence-electron chi connectivity index (χ3n) is 4.11. The summed E-state index contributed by atoms with van der Waals surface area (Å²) in [5.74, 6) is 0.755. The van der Waals surface area contributed by atoms with E-state index in [-0.39, 0.29) is 5.82 Å². The molecule has 1 aliphatic heterocycles. The number of nitrogens with one attached hydrogen (secondary N) is 1. The molecule has 1 aromatic rings. The Labute approximate surface area is 116 Å². The lowest BCUT2D eigenvalue weighted by Gasteiger charge is -2.32. The van der Waals surface area contributed by atoms with Gasteiger partial charge in [0.15, 0.2) is 0 Å². The Morgan fingerprint density at radius 1 is 1.37 bits per heavy atom. The molecule has 1 aromatic carbocycles. The second kappa shape index (κ2) is 7.01. The summed E-state index contributed by atoms with van der Waals surface area (Å²) in [6, 6.07) is 7.60. The molecular weight excluding hydrogens is 239 g/mol. The summed E-state index contributed by atoms with van der Waals surface area (Å²) < 4.78 is 13.6. The smallest absolute Gasteiger partial charge is 0.127 e. The Balaban J connectivity index is 1.84. The van der Waals surface area contributed by atoms with E-state index in [1.54, 1.807) is 6.07 Å². The maximum absolute atomic E-state index is 13.6. The van der Waals surface area contributed by atoms with Gasteiger partial charge in [0.05, 0.1) is 0 Å². The SMILES string of the molecule is CCC1CCNC(CN(C)Cc2ccccc2F)C1. The molecule has 0 bridgehead atoms. The molecule has 2 atom stereocenters. The molecule has 2 rings (SSSR count). The Morgan fingerprint density at radius 2 is 2.16 bits per heavy atom. The highest BCUT2D eigenvalue weighted by atomic mass is 19.1. The molecule has 19 heavy (non-hydrogen) atoms. The van der Waals surface area contributed by atoms with E-state index in [0.29, 0.717) is 12.6 Å². The molecule has 0 saturated carbocycles. The van der Waals surface area contributed by atoms with E-state index in [2.05, 4.69) is 24.2 Å². The minimum atomic E-state index is -0.0996. The van der Waals surface area contributed by atoms with Crippen molar-refractivity contribution in [2.24, 2.45) is 5.92 Å². The summed E-state index contributed by atoms with van der Waals surface area (Å²) in [6.07, 6.45) is 3.82. The third-order valence-corrected chi connectivity index (χ3v) is 4.11. The molecule has 2 nitrogen and oxygen atoms in total. The zero-order chi connectivity index (χ0) is 13.7. The highest BCUT2D eigenvalue weighted by molar-refractivity contribution is 5.17. The van der Waals surface area contributed by atoms with Crippen molar-refractivity contribution >= 4 is 0 Å². The van der Waals surface area contributed by atoms with Crippen LogP contribution in [0.4, 0.5) is 4.39 Å². The Morgan fingerprint density at radius 3 is 2.89 bits per heavy atom. The van der Waals surface area contributed by atoms with Crippen LogP contribution in [-0.4, -0.2) is 31.1 Å². The van der Waals surface area contributed by atoms with Crippen LogP contribution in [0.5, 0.6) is 0 Å². The van der Waals surface area contributed by atoms with Gasteiger partial charge in [-0.3, -0.25) is 0 Å². The zero-order valence-electron chi connectivity index (χ0n) is 12.0. The molecule has 2 unspecified atom stereocenters. The molecule has 0 radical (unpaired) electrons. The van der Waals surface area contributed by atoms with Crippen LogP contribution in [0, 0.1) is 11.7 Å². The van der Waals surface area contributed by atoms with Crippen molar-refractivity contribution in [1.29, 1.82) is 0 Å². The minimum absolute atomic E-state index is 0.0996. The lowest BCUT2D eigenvalue weighted by molar-refractivity contribution is 0.219. The van der Waals surface area contributed by atoms with Gasteiger partial charge in [-0.2, -0.15) is 0 Å². The monoisotopic (exact) mass is 264 g/mol. The van der Waals surface area contributed by atoms with Crippen LogP contribution in [0.15, 0.2) is 24.3 Å². The fourth-order valence-electron chi connectivity index (χ4n) is 2.96. The third kappa shape index (κ3) is 4.29. The lowest BCUT2D eigenvalue weighted by atomic mass is 9.90. The van der Waals surface area contributed by atoms with Crippen LogP contribution in [0.1, 0.15) is 31.7 Å². The standard InChI is InChI=1S/C16H25FN2/c1-3-13-8-9-18-15(10-13)12-19(2)11-14-6-4-5-7-16(14)17/h4-7,13,15,18H,3,8-12H2,1-2H3. The summed E-state index contributed by atoms with van der Waals surface area (Å²) in [5, 5.41) is 3.58. The Kier molecular flexibility index (Phi) is 5.34. The van der Waals surface area contributed by atoms with E-state index in [0.717, 1.165) is 24.6 Å². The van der Waals surface area contributed by atoms with Crippen molar-refractivity contribution < 1.29 is 4.39 Å². The molecule has 0 aromatic heterocycles. The topological polar surface area (TPSA) is 15.3 Å². The average Bonchev–Trinajstić information content (AvgIpc) is 2.41. The fourth-order valence-corrected chi connectivity index (χ4v) is 2.96. The molecule has 1 N–H and O–H groups in total. The lowest BCUT2D eigenvalue weighted by Crippen LogP contribution is -2.44. The molecule has 106 valence electrons. The van der Waals surface area contributed by atoms with Crippen molar-refractivity contribution in [3.05, 3.63) is 35.6 Å². The maximum atomic E-state index is 13.6. The summed E-state index contributed by atoms with van der Waals surface area (Å²) in [6.45, 7) is 5.07. The molecule has 0 aliphatic carbocycles. The van der Waals surface area contributed by atoms with Crippen LogP contribution in [0.2, 0.25) is 0 Å². The van der Waals surface area contributed by atoms with Crippen molar-refractivity contribution in [1.82, 2.24) is 10.2 Å². The van der Waals surface area contributed by atoms with E-state index in [1.807, 2.05) is 12.1 Å². The van der Waals surface area contributed by atoms with Gasteiger partial charge in [0.2, 0.25) is 0 Å². The molecule has 1 aliphatic rings. The van der Waals surface area contributed by atoms with Gasteiger partial charge in [-0.1, -0.05) is 31.5 Å². The molecular formula is C16H25FN2. The normalized spacial score (nSPS) is 23.8. The Bertz CT molecular complexity index is 394. The van der Waals surface area contributed by atoms with Gasteiger partial charge in [-0.25, -0.2) is 4.39 Å². The molecule has 1 saturated heterocycles. The molecule has 1 fully saturated rings. The predicted molar refractivity (Wildman–Crippen MR) is 77.5 cm³/mol. The maximum Gasteiger partial charge on any atom is 0.127 e. The first kappa shape index (κ1) is 14.5. The minimum Gasteiger partial charge on any atom is -0.313 e. The van der Waals surface area contributed by atoms with Crippen molar-refractivity contribution in [3.63, 3.8) is 0 Å². The highest BCUT2D eigenvalue weighted by Gasteiger charge is 2.21. The fraction of sp³-hybridized carbons (Fsp3) is 0.625. The number of halogens is 1.